The van der Waals surface area contributed by atoms with Gasteiger partial charge in [-0.15, -0.1) is 0 Å². The molecule has 0 spiro atoms. The number of carbonyl (C=O) groups is 1. The van der Waals surface area contributed by atoms with Crippen LogP contribution in [0.25, 0.3) is 11.3 Å². The van der Waals surface area contributed by atoms with Crippen LogP contribution in [-0.2, 0) is 22.4 Å². The van der Waals surface area contributed by atoms with Crippen molar-refractivity contribution in [2.75, 3.05) is 11.9 Å². The summed E-state index contributed by atoms with van der Waals surface area (Å²) in [7, 11) is 0. The van der Waals surface area contributed by atoms with Crippen LogP contribution in [0.4, 0.5) is 5.82 Å². The maximum Gasteiger partial charge on any atom is 0.329 e. The van der Waals surface area contributed by atoms with Gasteiger partial charge in [0.15, 0.2) is 0 Å². The van der Waals surface area contributed by atoms with E-state index in [1.165, 1.54) is 5.56 Å². The zero-order valence-electron chi connectivity index (χ0n) is 18.8. The highest BCUT2D eigenvalue weighted by molar-refractivity contribution is 5.79. The highest BCUT2D eigenvalue weighted by atomic mass is 16.5. The van der Waals surface area contributed by atoms with Crippen LogP contribution in [0, 0.1) is 6.92 Å². The summed E-state index contributed by atoms with van der Waals surface area (Å²) in [5.74, 6) is 0.891. The molecule has 2 aromatic heterocycles. The third-order valence-corrected chi connectivity index (χ3v) is 5.40. The molecule has 0 amide bonds. The Balaban J connectivity index is 1.70. The van der Waals surface area contributed by atoms with Crippen molar-refractivity contribution in [1.82, 2.24) is 9.97 Å². The predicted molar refractivity (Wildman–Crippen MR) is 128 cm³/mol. The fourth-order valence-corrected chi connectivity index (χ4v) is 3.64. The molecule has 1 N–H and O–H groups in total. The molecule has 0 radical (unpaired) electrons. The fourth-order valence-electron chi connectivity index (χ4n) is 3.64. The van der Waals surface area contributed by atoms with Crippen molar-refractivity contribution in [2.24, 2.45) is 0 Å². The molecule has 6 heteroatoms. The van der Waals surface area contributed by atoms with E-state index in [2.05, 4.69) is 29.4 Å². The monoisotopic (exact) mass is 441 g/mol. The number of aryl methyl sites for hydroxylation is 1. The highest BCUT2D eigenvalue weighted by Gasteiger charge is 2.24. The molecule has 0 fully saturated rings. The lowest BCUT2D eigenvalue weighted by atomic mass is 10.0. The van der Waals surface area contributed by atoms with E-state index in [9.17, 15) is 4.79 Å². The van der Waals surface area contributed by atoms with Gasteiger partial charge in [-0.05, 0) is 37.1 Å². The molecular formula is C27H27N3O3. The summed E-state index contributed by atoms with van der Waals surface area (Å²) in [5, 5.41) is 3.28. The van der Waals surface area contributed by atoms with Gasteiger partial charge in [0.1, 0.15) is 17.6 Å². The Kier molecular flexibility index (Phi) is 7.15. The van der Waals surface area contributed by atoms with Crippen LogP contribution in [-0.4, -0.2) is 28.6 Å². The molecule has 4 rings (SSSR count). The van der Waals surface area contributed by atoms with Gasteiger partial charge in [-0.2, -0.15) is 0 Å². The van der Waals surface area contributed by atoms with Crippen LogP contribution in [0.3, 0.4) is 0 Å². The number of anilines is 1. The van der Waals surface area contributed by atoms with E-state index in [4.69, 9.17) is 14.1 Å². The lowest BCUT2D eigenvalue weighted by molar-refractivity contribution is -0.144. The molecule has 1 atom stereocenters. The molecule has 33 heavy (non-hydrogen) atoms. The van der Waals surface area contributed by atoms with E-state index in [0.717, 1.165) is 22.5 Å². The summed E-state index contributed by atoms with van der Waals surface area (Å²) in [4.78, 5) is 22.3. The van der Waals surface area contributed by atoms with E-state index in [0.29, 0.717) is 31.0 Å². The summed E-state index contributed by atoms with van der Waals surface area (Å²) in [5.41, 5.74) is 4.86. The van der Waals surface area contributed by atoms with Crippen molar-refractivity contribution in [3.05, 3.63) is 102 Å². The second kappa shape index (κ2) is 10.6. The minimum absolute atomic E-state index is 0.295. The molecule has 4 aromatic rings. The predicted octanol–water partition coefficient (Wildman–Crippen LogP) is 5.22. The molecule has 2 heterocycles. The van der Waals surface area contributed by atoms with Gasteiger partial charge in [0.25, 0.3) is 0 Å². The zero-order chi connectivity index (χ0) is 23.0. The second-order valence-corrected chi connectivity index (χ2v) is 7.75. The summed E-state index contributed by atoms with van der Waals surface area (Å²) in [6, 6.07) is 21.1. The standard InChI is InChI=1S/C27H27N3O3/c1-3-32-27(31)24(17-22-14-9-15-33-22)30-26-23(16-21-13-8-7-10-19(21)2)29-25(18-28-26)20-11-5-4-6-12-20/h4-15,18,24H,3,16-17H2,1-2H3,(H,28,30). The van der Waals surface area contributed by atoms with Crippen molar-refractivity contribution in [3.63, 3.8) is 0 Å². The SMILES string of the molecule is CCOC(=O)C(Cc1ccco1)Nc1ncc(-c2ccccc2)nc1Cc1ccccc1C. The molecule has 0 aliphatic rings. The van der Waals surface area contributed by atoms with Crippen molar-refractivity contribution < 1.29 is 13.9 Å². The van der Waals surface area contributed by atoms with Crippen LogP contribution in [0.2, 0.25) is 0 Å². The van der Waals surface area contributed by atoms with Crippen LogP contribution in [0.5, 0.6) is 0 Å². The zero-order valence-corrected chi connectivity index (χ0v) is 18.8. The number of furan rings is 1. The number of nitrogens with one attached hydrogen (secondary N) is 1. The molecule has 0 bridgehead atoms. The minimum Gasteiger partial charge on any atom is -0.469 e. The average Bonchev–Trinajstić information content (AvgIpc) is 3.35. The Bertz CT molecular complexity index is 1190. The van der Waals surface area contributed by atoms with Gasteiger partial charge in [-0.25, -0.2) is 14.8 Å². The first-order valence-electron chi connectivity index (χ1n) is 11.1. The van der Waals surface area contributed by atoms with Gasteiger partial charge < -0.3 is 14.5 Å². The Morgan fingerprint density at radius 3 is 2.58 bits per heavy atom. The first-order valence-corrected chi connectivity index (χ1v) is 11.1. The lowest BCUT2D eigenvalue weighted by Crippen LogP contribution is -2.34. The number of aromatic nitrogens is 2. The number of nitrogens with zero attached hydrogens (tertiary/aromatic N) is 2. The maximum atomic E-state index is 12.7. The highest BCUT2D eigenvalue weighted by Crippen LogP contribution is 2.24. The van der Waals surface area contributed by atoms with Gasteiger partial charge in [-0.3, -0.25) is 0 Å². The van der Waals surface area contributed by atoms with Crippen molar-refractivity contribution >= 4 is 11.8 Å². The lowest BCUT2D eigenvalue weighted by Gasteiger charge is -2.19. The fraction of sp³-hybridized carbons (Fsp3) is 0.222. The van der Waals surface area contributed by atoms with E-state index < -0.39 is 6.04 Å². The van der Waals surface area contributed by atoms with Crippen LogP contribution >= 0.6 is 0 Å². The summed E-state index contributed by atoms with van der Waals surface area (Å²) < 4.78 is 10.8. The van der Waals surface area contributed by atoms with Crippen molar-refractivity contribution in [2.45, 2.75) is 32.7 Å². The number of carbonyl (C=O) groups excluding carboxylic acids is 1. The topological polar surface area (TPSA) is 77.2 Å². The molecular weight excluding hydrogens is 414 g/mol. The van der Waals surface area contributed by atoms with Crippen LogP contribution in [0.15, 0.2) is 83.6 Å². The van der Waals surface area contributed by atoms with Crippen molar-refractivity contribution in [3.8, 4) is 11.3 Å². The second-order valence-electron chi connectivity index (χ2n) is 7.75. The molecule has 0 saturated heterocycles. The number of esters is 1. The third-order valence-electron chi connectivity index (χ3n) is 5.40. The maximum absolute atomic E-state index is 12.7. The summed E-state index contributed by atoms with van der Waals surface area (Å²) in [6.45, 7) is 4.17. The molecule has 2 aromatic carbocycles. The van der Waals surface area contributed by atoms with E-state index in [-0.39, 0.29) is 5.97 Å². The Hall–Kier alpha value is -3.93. The van der Waals surface area contributed by atoms with Crippen molar-refractivity contribution in [1.29, 1.82) is 0 Å². The molecule has 0 aliphatic heterocycles. The normalized spacial score (nSPS) is 11.7. The molecule has 1 unspecified atom stereocenters. The molecule has 0 aliphatic carbocycles. The largest absolute Gasteiger partial charge is 0.469 e. The molecule has 168 valence electrons. The van der Waals surface area contributed by atoms with E-state index in [1.54, 1.807) is 25.5 Å². The smallest absolute Gasteiger partial charge is 0.329 e. The Morgan fingerprint density at radius 1 is 1.06 bits per heavy atom. The van der Waals surface area contributed by atoms with Gasteiger partial charge >= 0.3 is 5.97 Å². The summed E-state index contributed by atoms with van der Waals surface area (Å²) >= 11 is 0. The number of benzene rings is 2. The minimum atomic E-state index is -0.649. The third kappa shape index (κ3) is 5.66. The number of hydrogen-bond acceptors (Lipinski definition) is 6. The van der Waals surface area contributed by atoms with E-state index >= 15 is 0 Å². The quantitative estimate of drug-likeness (QED) is 0.359. The number of rotatable bonds is 9. The van der Waals surface area contributed by atoms with Gasteiger partial charge in [0, 0.05) is 18.4 Å². The Morgan fingerprint density at radius 2 is 1.85 bits per heavy atom. The average molecular weight is 442 g/mol. The number of ether oxygens (including phenoxy) is 1. The van der Waals surface area contributed by atoms with Gasteiger partial charge in [-0.1, -0.05) is 54.6 Å². The first-order chi connectivity index (χ1) is 16.1. The van der Waals surface area contributed by atoms with Gasteiger partial charge in [0.2, 0.25) is 0 Å². The van der Waals surface area contributed by atoms with Crippen LogP contribution < -0.4 is 5.32 Å². The van der Waals surface area contributed by atoms with Crippen LogP contribution in [0.1, 0.15) is 29.5 Å². The summed E-state index contributed by atoms with van der Waals surface area (Å²) in [6.07, 6.45) is 4.25. The van der Waals surface area contributed by atoms with E-state index in [1.807, 2.05) is 48.5 Å². The molecule has 0 saturated carbocycles. The van der Waals surface area contributed by atoms with Gasteiger partial charge in [0.05, 0.1) is 30.5 Å². The Labute approximate surface area is 193 Å². The molecule has 6 nitrogen and oxygen atoms in total. The number of hydrogen-bond donors (Lipinski definition) is 1. The first kappa shape index (κ1) is 22.3.